The number of nitrogens with zero attached hydrogens (tertiary/aromatic N) is 3. The molecule has 6 heteroatoms. The molecule has 2 fully saturated rings. The molecule has 1 aliphatic heterocycles. The largest absolute Gasteiger partial charge is 0.492 e. The Morgan fingerprint density at radius 2 is 2.07 bits per heavy atom. The van der Waals surface area contributed by atoms with Gasteiger partial charge in [-0.25, -0.2) is 9.78 Å². The van der Waals surface area contributed by atoms with Gasteiger partial charge in [0.1, 0.15) is 11.6 Å². The average Bonchev–Trinajstić information content (AvgIpc) is 3.03. The molecule has 2 amide bonds. The van der Waals surface area contributed by atoms with Crippen LogP contribution in [0.5, 0.6) is 5.75 Å². The Morgan fingerprint density at radius 3 is 2.83 bits per heavy atom. The summed E-state index contributed by atoms with van der Waals surface area (Å²) < 4.78 is 8.04. The Morgan fingerprint density at radius 1 is 1.24 bits per heavy atom. The second-order valence-corrected chi connectivity index (χ2v) is 8.31. The van der Waals surface area contributed by atoms with E-state index < -0.39 is 0 Å². The lowest BCUT2D eigenvalue weighted by molar-refractivity contribution is 0.169. The summed E-state index contributed by atoms with van der Waals surface area (Å²) >= 11 is 0. The number of hydrogen-bond donors (Lipinski definition) is 1. The number of amides is 2. The number of aryl methyl sites for hydroxylation is 1. The minimum absolute atomic E-state index is 0.0385. The molecule has 1 saturated carbocycles. The third-order valence-corrected chi connectivity index (χ3v) is 6.23. The summed E-state index contributed by atoms with van der Waals surface area (Å²) in [4.78, 5) is 19.6. The second kappa shape index (κ2) is 8.89. The molecule has 1 atom stereocenters. The van der Waals surface area contributed by atoms with Crippen LogP contribution in [0, 0.1) is 12.8 Å². The Balaban J connectivity index is 1.40. The van der Waals surface area contributed by atoms with Crippen molar-refractivity contribution in [3.05, 3.63) is 42.0 Å². The lowest BCUT2D eigenvalue weighted by atomic mass is 9.84. The molecule has 2 heterocycles. The van der Waals surface area contributed by atoms with Crippen molar-refractivity contribution in [2.24, 2.45) is 5.92 Å². The molecule has 6 nitrogen and oxygen atoms in total. The van der Waals surface area contributed by atoms with Gasteiger partial charge in [-0.3, -0.25) is 0 Å². The van der Waals surface area contributed by atoms with Crippen LogP contribution in [0.4, 0.5) is 10.5 Å². The first-order chi connectivity index (χ1) is 14.2. The summed E-state index contributed by atoms with van der Waals surface area (Å²) in [6.45, 7) is 7.21. The van der Waals surface area contributed by atoms with Crippen LogP contribution in [-0.2, 0) is 6.54 Å². The lowest BCUT2D eigenvalue weighted by Gasteiger charge is -2.34. The van der Waals surface area contributed by atoms with Crippen LogP contribution in [0.2, 0.25) is 0 Å². The number of nitrogens with one attached hydrogen (secondary N) is 1. The number of anilines is 1. The maximum absolute atomic E-state index is 12.9. The molecule has 1 aliphatic carbocycles. The zero-order valence-electron chi connectivity index (χ0n) is 17.6. The van der Waals surface area contributed by atoms with Crippen LogP contribution >= 0.6 is 0 Å². The summed E-state index contributed by atoms with van der Waals surface area (Å²) in [5.74, 6) is 3.06. The molecule has 2 aromatic rings. The molecule has 1 aromatic carbocycles. The van der Waals surface area contributed by atoms with Gasteiger partial charge in [-0.15, -0.1) is 0 Å². The van der Waals surface area contributed by atoms with E-state index in [1.54, 1.807) is 0 Å². The zero-order valence-corrected chi connectivity index (χ0v) is 17.6. The maximum Gasteiger partial charge on any atom is 0.321 e. The fraction of sp³-hybridized carbons (Fsp3) is 0.565. The summed E-state index contributed by atoms with van der Waals surface area (Å²) in [6, 6.07) is 7.58. The number of para-hydroxylation sites is 2. The molecule has 1 aromatic heterocycles. The van der Waals surface area contributed by atoms with E-state index in [9.17, 15) is 4.79 Å². The Kier molecular flexibility index (Phi) is 6.07. The van der Waals surface area contributed by atoms with Crippen LogP contribution in [0.3, 0.4) is 0 Å². The Hall–Kier alpha value is -2.50. The number of benzene rings is 1. The number of hydrogen-bond acceptors (Lipinski definition) is 3. The van der Waals surface area contributed by atoms with Crippen molar-refractivity contribution < 1.29 is 9.53 Å². The van der Waals surface area contributed by atoms with Crippen molar-refractivity contribution in [3.8, 4) is 5.75 Å². The van der Waals surface area contributed by atoms with Gasteiger partial charge in [0.15, 0.2) is 0 Å². The summed E-state index contributed by atoms with van der Waals surface area (Å²) in [5.41, 5.74) is 1.97. The first-order valence-electron chi connectivity index (χ1n) is 11.0. The molecule has 1 unspecified atom stereocenters. The fourth-order valence-corrected chi connectivity index (χ4v) is 4.41. The highest BCUT2D eigenvalue weighted by molar-refractivity contribution is 5.91. The number of carbonyl (C=O) groups is 1. The fourth-order valence-electron chi connectivity index (χ4n) is 4.41. The van der Waals surface area contributed by atoms with Crippen LogP contribution in [-0.4, -0.2) is 40.2 Å². The van der Waals surface area contributed by atoms with Gasteiger partial charge >= 0.3 is 6.03 Å². The quantitative estimate of drug-likeness (QED) is 0.763. The smallest absolute Gasteiger partial charge is 0.321 e. The highest BCUT2D eigenvalue weighted by atomic mass is 16.5. The van der Waals surface area contributed by atoms with E-state index >= 15 is 0 Å². The van der Waals surface area contributed by atoms with Crippen molar-refractivity contribution in [1.29, 1.82) is 0 Å². The van der Waals surface area contributed by atoms with Crippen molar-refractivity contribution in [1.82, 2.24) is 14.5 Å². The van der Waals surface area contributed by atoms with E-state index in [0.29, 0.717) is 18.4 Å². The van der Waals surface area contributed by atoms with Gasteiger partial charge in [-0.1, -0.05) is 18.6 Å². The molecule has 2 aliphatic rings. The van der Waals surface area contributed by atoms with Crippen molar-refractivity contribution >= 4 is 11.7 Å². The van der Waals surface area contributed by atoms with E-state index in [-0.39, 0.29) is 6.03 Å². The molecule has 0 spiro atoms. The highest BCUT2D eigenvalue weighted by Gasteiger charge is 2.28. The lowest BCUT2D eigenvalue weighted by Crippen LogP contribution is -2.43. The van der Waals surface area contributed by atoms with Gasteiger partial charge in [0.05, 0.1) is 12.3 Å². The molecule has 0 bridgehead atoms. The minimum Gasteiger partial charge on any atom is -0.492 e. The number of likely N-dealkylation sites (tertiary alicyclic amines) is 1. The van der Waals surface area contributed by atoms with Gasteiger partial charge in [-0.05, 0) is 57.6 Å². The van der Waals surface area contributed by atoms with Crippen molar-refractivity contribution in [2.45, 2.75) is 58.4 Å². The minimum atomic E-state index is -0.0385. The van der Waals surface area contributed by atoms with E-state index in [4.69, 9.17) is 9.72 Å². The van der Waals surface area contributed by atoms with Crippen LogP contribution in [0.25, 0.3) is 0 Å². The molecular weight excluding hydrogens is 364 g/mol. The van der Waals surface area contributed by atoms with Crippen molar-refractivity contribution in [2.75, 3.05) is 25.0 Å². The summed E-state index contributed by atoms with van der Waals surface area (Å²) in [5, 5.41) is 3.05. The first kappa shape index (κ1) is 19.8. The van der Waals surface area contributed by atoms with Gasteiger partial charge in [0.25, 0.3) is 0 Å². The third kappa shape index (κ3) is 4.41. The van der Waals surface area contributed by atoms with Gasteiger partial charge in [0, 0.05) is 37.4 Å². The predicted octanol–water partition coefficient (Wildman–Crippen LogP) is 4.80. The maximum atomic E-state index is 12.9. The monoisotopic (exact) mass is 396 g/mol. The number of imidazole rings is 1. The number of ether oxygens (including phenoxy) is 1. The highest BCUT2D eigenvalue weighted by Crippen LogP contribution is 2.36. The number of rotatable bonds is 6. The standard InChI is InChI=1S/C23H32N4O2/c1-3-29-21-12-5-4-11-20(21)25-23(28)26-13-7-8-18(15-26)16-27-17(2)14-24-22(27)19-9-6-10-19/h4-5,11-12,14,18-19H,3,6-10,13,15-16H2,1-2H3,(H,25,28). The molecular formula is C23H32N4O2. The molecule has 0 radical (unpaired) electrons. The normalized spacial score (nSPS) is 19.7. The average molecular weight is 397 g/mol. The van der Waals surface area contributed by atoms with E-state index in [2.05, 4.69) is 16.8 Å². The van der Waals surface area contributed by atoms with Gasteiger partial charge in [-0.2, -0.15) is 0 Å². The number of carbonyl (C=O) groups excluding carboxylic acids is 1. The van der Waals surface area contributed by atoms with Crippen LogP contribution < -0.4 is 10.1 Å². The molecule has 1 N–H and O–H groups in total. The predicted molar refractivity (Wildman–Crippen MR) is 114 cm³/mol. The molecule has 156 valence electrons. The van der Waals surface area contributed by atoms with E-state index in [1.807, 2.05) is 42.3 Å². The van der Waals surface area contributed by atoms with E-state index in [0.717, 1.165) is 43.9 Å². The van der Waals surface area contributed by atoms with Crippen molar-refractivity contribution in [3.63, 3.8) is 0 Å². The second-order valence-electron chi connectivity index (χ2n) is 8.31. The van der Waals surface area contributed by atoms with Crippen LogP contribution in [0.1, 0.15) is 56.5 Å². The SMILES string of the molecule is CCOc1ccccc1NC(=O)N1CCCC(Cn2c(C)cnc2C2CCC2)C1. The number of piperidine rings is 1. The topological polar surface area (TPSA) is 59.4 Å². The molecule has 29 heavy (non-hydrogen) atoms. The number of urea groups is 1. The summed E-state index contributed by atoms with van der Waals surface area (Å²) in [7, 11) is 0. The molecule has 1 saturated heterocycles. The molecule has 4 rings (SSSR count). The summed E-state index contributed by atoms with van der Waals surface area (Å²) in [6.07, 6.45) is 8.03. The van der Waals surface area contributed by atoms with Gasteiger partial charge < -0.3 is 19.5 Å². The zero-order chi connectivity index (χ0) is 20.2. The van der Waals surface area contributed by atoms with Gasteiger partial charge in [0.2, 0.25) is 0 Å². The number of aromatic nitrogens is 2. The Bertz CT molecular complexity index is 843. The van der Waals surface area contributed by atoms with Crippen LogP contribution in [0.15, 0.2) is 30.5 Å². The van der Waals surface area contributed by atoms with E-state index in [1.165, 1.54) is 30.8 Å². The Labute approximate surface area is 173 Å². The first-order valence-corrected chi connectivity index (χ1v) is 11.0. The third-order valence-electron chi connectivity index (χ3n) is 6.23.